The van der Waals surface area contributed by atoms with Crippen molar-refractivity contribution < 1.29 is 14.6 Å². The first-order chi connectivity index (χ1) is 16.1. The first-order valence-corrected chi connectivity index (χ1v) is 14.2. The molecular formula is C31H54O3. The van der Waals surface area contributed by atoms with Crippen molar-refractivity contribution in [2.45, 2.75) is 138 Å². The van der Waals surface area contributed by atoms with Gasteiger partial charge in [0.05, 0.1) is 6.61 Å². The molecule has 1 aliphatic rings. The molecule has 196 valence electrons. The van der Waals surface area contributed by atoms with Crippen molar-refractivity contribution in [2.24, 2.45) is 17.8 Å². The minimum atomic E-state index is -0.116. The highest BCUT2D eigenvalue weighted by Crippen LogP contribution is 2.45. The molecular weight excluding hydrogens is 420 g/mol. The van der Waals surface area contributed by atoms with Crippen LogP contribution in [0.15, 0.2) is 0 Å². The first kappa shape index (κ1) is 29.0. The lowest BCUT2D eigenvalue weighted by Gasteiger charge is -2.38. The van der Waals surface area contributed by atoms with Crippen molar-refractivity contribution in [1.82, 2.24) is 0 Å². The van der Waals surface area contributed by atoms with Gasteiger partial charge in [0.1, 0.15) is 17.1 Å². The van der Waals surface area contributed by atoms with E-state index >= 15 is 0 Å². The Morgan fingerprint density at radius 3 is 2.09 bits per heavy atom. The number of benzene rings is 1. The third kappa shape index (κ3) is 8.47. The van der Waals surface area contributed by atoms with Crippen LogP contribution in [0.4, 0.5) is 0 Å². The molecule has 0 saturated heterocycles. The van der Waals surface area contributed by atoms with Crippen LogP contribution in [-0.2, 0) is 17.8 Å². The molecule has 0 spiro atoms. The fourth-order valence-corrected chi connectivity index (χ4v) is 5.51. The fourth-order valence-electron chi connectivity index (χ4n) is 5.51. The number of ether oxygens (including phenoxy) is 2. The van der Waals surface area contributed by atoms with Gasteiger partial charge in [0.25, 0.3) is 0 Å². The Kier molecular flexibility index (Phi) is 11.7. The van der Waals surface area contributed by atoms with E-state index in [0.717, 1.165) is 65.0 Å². The van der Waals surface area contributed by atoms with Crippen molar-refractivity contribution in [3.8, 4) is 11.5 Å². The highest BCUT2D eigenvalue weighted by atomic mass is 16.5. The van der Waals surface area contributed by atoms with Crippen LogP contribution in [0.2, 0.25) is 0 Å². The minimum absolute atomic E-state index is 0.116. The third-order valence-electron chi connectivity index (χ3n) is 8.16. The topological polar surface area (TPSA) is 38.7 Å². The lowest BCUT2D eigenvalue weighted by molar-refractivity contribution is 0.0498. The van der Waals surface area contributed by atoms with Crippen LogP contribution in [-0.4, -0.2) is 17.3 Å². The van der Waals surface area contributed by atoms with E-state index in [1.165, 1.54) is 51.4 Å². The van der Waals surface area contributed by atoms with Gasteiger partial charge < -0.3 is 14.6 Å². The maximum atomic E-state index is 10.7. The Balaban J connectivity index is 1.82. The second-order valence-electron chi connectivity index (χ2n) is 11.9. The average molecular weight is 475 g/mol. The van der Waals surface area contributed by atoms with Gasteiger partial charge in [-0.2, -0.15) is 0 Å². The minimum Gasteiger partial charge on any atom is -0.507 e. The summed E-state index contributed by atoms with van der Waals surface area (Å²) in [6, 6.07) is 0. The molecule has 1 N–H and O–H groups in total. The Morgan fingerprint density at radius 2 is 1.50 bits per heavy atom. The average Bonchev–Trinajstić information content (AvgIpc) is 2.77. The summed E-state index contributed by atoms with van der Waals surface area (Å²) >= 11 is 0. The number of fused-ring (bicyclic) bond motifs is 1. The van der Waals surface area contributed by atoms with Crippen molar-refractivity contribution in [3.63, 3.8) is 0 Å². The molecule has 1 heterocycles. The zero-order valence-electron chi connectivity index (χ0n) is 23.7. The van der Waals surface area contributed by atoms with Gasteiger partial charge >= 0.3 is 0 Å². The molecule has 2 rings (SSSR count). The molecule has 0 amide bonds. The van der Waals surface area contributed by atoms with Gasteiger partial charge in [-0.25, -0.2) is 0 Å². The van der Waals surface area contributed by atoms with E-state index in [-0.39, 0.29) is 5.60 Å². The molecule has 3 nitrogen and oxygen atoms in total. The highest BCUT2D eigenvalue weighted by molar-refractivity contribution is 5.58. The standard InChI is InChI=1S/C31H54O3/c1-9-33-21-28-27-18-20-31(8,34-30(27)26(7)25(6)29(28)32)19-12-17-24(5)16-11-15-23(4)14-10-13-22(2)3/h22-24,32H,9-21H2,1-8H3/t23-,24-,31-/m1/s1. The summed E-state index contributed by atoms with van der Waals surface area (Å²) in [5.41, 5.74) is 3.96. The molecule has 1 aromatic carbocycles. The van der Waals surface area contributed by atoms with Crippen LogP contribution in [0, 0.1) is 31.6 Å². The molecule has 1 aliphatic heterocycles. The normalized spacial score (nSPS) is 19.7. The smallest absolute Gasteiger partial charge is 0.127 e. The van der Waals surface area contributed by atoms with Gasteiger partial charge in [-0.1, -0.05) is 72.6 Å². The van der Waals surface area contributed by atoms with Crippen LogP contribution >= 0.6 is 0 Å². The van der Waals surface area contributed by atoms with E-state index in [4.69, 9.17) is 9.47 Å². The molecule has 0 fully saturated rings. The molecule has 0 saturated carbocycles. The number of aromatic hydroxyl groups is 1. The van der Waals surface area contributed by atoms with Crippen LogP contribution in [0.25, 0.3) is 0 Å². The van der Waals surface area contributed by atoms with Gasteiger partial charge in [0, 0.05) is 17.7 Å². The predicted molar refractivity (Wildman–Crippen MR) is 145 cm³/mol. The fraction of sp³-hybridized carbons (Fsp3) is 0.806. The number of hydrogen-bond acceptors (Lipinski definition) is 3. The predicted octanol–water partition coefficient (Wildman–Crippen LogP) is 9.07. The summed E-state index contributed by atoms with van der Waals surface area (Å²) in [5.74, 6) is 3.89. The molecule has 34 heavy (non-hydrogen) atoms. The number of phenols is 1. The van der Waals surface area contributed by atoms with E-state index < -0.39 is 0 Å². The van der Waals surface area contributed by atoms with Crippen molar-refractivity contribution >= 4 is 0 Å². The van der Waals surface area contributed by atoms with Crippen LogP contribution in [0.3, 0.4) is 0 Å². The second-order valence-corrected chi connectivity index (χ2v) is 11.9. The zero-order chi connectivity index (χ0) is 25.3. The Bertz CT molecular complexity index is 754. The summed E-state index contributed by atoms with van der Waals surface area (Å²) in [5, 5.41) is 10.7. The van der Waals surface area contributed by atoms with E-state index in [1.54, 1.807) is 0 Å². The molecule has 1 aromatic rings. The molecule has 0 bridgehead atoms. The Morgan fingerprint density at radius 1 is 0.912 bits per heavy atom. The zero-order valence-corrected chi connectivity index (χ0v) is 23.7. The molecule has 0 unspecified atom stereocenters. The Hall–Kier alpha value is -1.22. The molecule has 0 aromatic heterocycles. The number of hydrogen-bond donors (Lipinski definition) is 1. The summed E-state index contributed by atoms with van der Waals surface area (Å²) in [7, 11) is 0. The van der Waals surface area contributed by atoms with Gasteiger partial charge in [-0.05, 0) is 82.3 Å². The third-order valence-corrected chi connectivity index (χ3v) is 8.16. The molecule has 0 aliphatic carbocycles. The lowest BCUT2D eigenvalue weighted by atomic mass is 9.83. The number of phenolic OH excluding ortho intramolecular Hbond substituents is 1. The maximum absolute atomic E-state index is 10.7. The SMILES string of the molecule is CCOCc1c(O)c(C)c(C)c2c1CC[C@@](C)(CCC[C@H](C)CCC[C@H](C)CCCC(C)C)O2. The molecule has 3 heteroatoms. The van der Waals surface area contributed by atoms with Crippen LogP contribution in [0.1, 0.15) is 128 Å². The molecule has 0 radical (unpaired) electrons. The van der Waals surface area contributed by atoms with E-state index in [1.807, 2.05) is 13.8 Å². The van der Waals surface area contributed by atoms with Crippen molar-refractivity contribution in [1.29, 1.82) is 0 Å². The quantitative estimate of drug-likeness (QED) is 0.275. The van der Waals surface area contributed by atoms with E-state index in [2.05, 4.69) is 41.5 Å². The monoisotopic (exact) mass is 474 g/mol. The van der Waals surface area contributed by atoms with E-state index in [9.17, 15) is 5.11 Å². The largest absolute Gasteiger partial charge is 0.507 e. The van der Waals surface area contributed by atoms with Crippen molar-refractivity contribution in [3.05, 3.63) is 22.3 Å². The van der Waals surface area contributed by atoms with Crippen molar-refractivity contribution in [2.75, 3.05) is 6.61 Å². The first-order valence-electron chi connectivity index (χ1n) is 14.2. The summed E-state index contributed by atoms with van der Waals surface area (Å²) < 4.78 is 12.4. The summed E-state index contributed by atoms with van der Waals surface area (Å²) in [4.78, 5) is 0. The Labute approximate surface area is 211 Å². The second kappa shape index (κ2) is 13.8. The molecule has 3 atom stereocenters. The van der Waals surface area contributed by atoms with Gasteiger partial charge in [-0.15, -0.1) is 0 Å². The van der Waals surface area contributed by atoms with Gasteiger partial charge in [-0.3, -0.25) is 0 Å². The van der Waals surface area contributed by atoms with Crippen LogP contribution < -0.4 is 4.74 Å². The van der Waals surface area contributed by atoms with Gasteiger partial charge in [0.15, 0.2) is 0 Å². The highest BCUT2D eigenvalue weighted by Gasteiger charge is 2.35. The van der Waals surface area contributed by atoms with Gasteiger partial charge in [0.2, 0.25) is 0 Å². The summed E-state index contributed by atoms with van der Waals surface area (Å²) in [6.45, 7) is 19.0. The van der Waals surface area contributed by atoms with E-state index in [0.29, 0.717) is 19.0 Å². The number of rotatable bonds is 15. The maximum Gasteiger partial charge on any atom is 0.127 e. The lowest BCUT2D eigenvalue weighted by Crippen LogP contribution is -2.37. The summed E-state index contributed by atoms with van der Waals surface area (Å²) in [6.07, 6.45) is 13.8. The van der Waals surface area contributed by atoms with Crippen LogP contribution in [0.5, 0.6) is 11.5 Å².